The Balaban J connectivity index is 3.78. The Hall–Kier alpha value is -1.08. The fraction of sp³-hybridized carbons (Fsp3) is 0.750. The van der Waals surface area contributed by atoms with Gasteiger partial charge >= 0.3 is 0 Å². The molecule has 0 saturated heterocycles. The second-order valence-electron chi connectivity index (χ2n) is 2.60. The van der Waals surface area contributed by atoms with Crippen LogP contribution in [0.1, 0.15) is 19.8 Å². The topological polar surface area (TPSA) is 78.9 Å². The molecular formula is C8H15N3O. The van der Waals surface area contributed by atoms with E-state index in [0.29, 0.717) is 6.54 Å². The fourth-order valence-electron chi connectivity index (χ4n) is 0.975. The van der Waals surface area contributed by atoms with Crippen LogP contribution in [0.25, 0.3) is 0 Å². The number of nitriles is 1. The number of carbonyl (C=O) groups is 1. The second kappa shape index (κ2) is 6.62. The average Bonchev–Trinajstić information content (AvgIpc) is 2.10. The molecule has 68 valence electrons. The predicted molar refractivity (Wildman–Crippen MR) is 46.1 cm³/mol. The van der Waals surface area contributed by atoms with Gasteiger partial charge in [-0.2, -0.15) is 5.26 Å². The fourth-order valence-corrected chi connectivity index (χ4v) is 0.975. The van der Waals surface area contributed by atoms with E-state index in [-0.39, 0.29) is 18.4 Å². The SMILES string of the molecule is CCCC(CN)C(=O)NCC#N. The van der Waals surface area contributed by atoms with Gasteiger partial charge in [0.1, 0.15) is 6.54 Å². The minimum Gasteiger partial charge on any atom is -0.343 e. The third kappa shape index (κ3) is 3.94. The number of nitrogens with zero attached hydrogens (tertiary/aromatic N) is 1. The number of hydrogen-bond acceptors (Lipinski definition) is 3. The molecule has 0 rings (SSSR count). The van der Waals surface area contributed by atoms with Gasteiger partial charge in [-0.25, -0.2) is 0 Å². The Kier molecular flexibility index (Phi) is 6.02. The molecule has 1 atom stereocenters. The van der Waals surface area contributed by atoms with Gasteiger partial charge in [-0.15, -0.1) is 0 Å². The molecule has 4 heteroatoms. The minimum absolute atomic E-state index is 0.0685. The summed E-state index contributed by atoms with van der Waals surface area (Å²) >= 11 is 0. The maximum absolute atomic E-state index is 11.2. The van der Waals surface area contributed by atoms with E-state index in [2.05, 4.69) is 5.32 Å². The summed E-state index contributed by atoms with van der Waals surface area (Å²) in [6.07, 6.45) is 1.72. The van der Waals surface area contributed by atoms with E-state index in [1.54, 1.807) is 0 Å². The first-order valence-corrected chi connectivity index (χ1v) is 4.11. The quantitative estimate of drug-likeness (QED) is 0.568. The lowest BCUT2D eigenvalue weighted by molar-refractivity contribution is -0.124. The number of amides is 1. The van der Waals surface area contributed by atoms with Crippen LogP contribution in [0.15, 0.2) is 0 Å². The van der Waals surface area contributed by atoms with Crippen LogP contribution >= 0.6 is 0 Å². The highest BCUT2D eigenvalue weighted by atomic mass is 16.1. The van der Waals surface area contributed by atoms with Gasteiger partial charge in [0.2, 0.25) is 5.91 Å². The third-order valence-electron chi connectivity index (χ3n) is 1.63. The molecule has 0 bridgehead atoms. The Morgan fingerprint density at radius 2 is 2.42 bits per heavy atom. The standard InChI is InChI=1S/C8H15N3O/c1-2-3-7(6-10)8(12)11-5-4-9/h7H,2-3,5-6,10H2,1H3,(H,11,12). The van der Waals surface area contributed by atoms with E-state index in [4.69, 9.17) is 11.0 Å². The second-order valence-corrected chi connectivity index (χ2v) is 2.60. The average molecular weight is 169 g/mol. The lowest BCUT2D eigenvalue weighted by Crippen LogP contribution is -2.35. The molecule has 0 aliphatic carbocycles. The molecule has 0 fully saturated rings. The van der Waals surface area contributed by atoms with Gasteiger partial charge < -0.3 is 11.1 Å². The van der Waals surface area contributed by atoms with Gasteiger partial charge in [-0.05, 0) is 6.42 Å². The van der Waals surface area contributed by atoms with Crippen molar-refractivity contribution in [3.05, 3.63) is 0 Å². The highest BCUT2D eigenvalue weighted by molar-refractivity contribution is 5.79. The highest BCUT2D eigenvalue weighted by Crippen LogP contribution is 2.03. The molecule has 0 radical (unpaired) electrons. The van der Waals surface area contributed by atoms with E-state index in [1.807, 2.05) is 13.0 Å². The third-order valence-corrected chi connectivity index (χ3v) is 1.63. The van der Waals surface area contributed by atoms with Crippen molar-refractivity contribution < 1.29 is 4.79 Å². The molecule has 0 aliphatic rings. The van der Waals surface area contributed by atoms with Crippen LogP contribution in [0, 0.1) is 17.2 Å². The molecule has 0 aromatic carbocycles. The first-order valence-electron chi connectivity index (χ1n) is 4.11. The van der Waals surface area contributed by atoms with Gasteiger partial charge in [-0.3, -0.25) is 4.79 Å². The molecule has 0 aliphatic heterocycles. The summed E-state index contributed by atoms with van der Waals surface area (Å²) in [5.74, 6) is -0.246. The maximum atomic E-state index is 11.2. The number of hydrogen-bond donors (Lipinski definition) is 2. The van der Waals surface area contributed by atoms with Gasteiger partial charge in [0.15, 0.2) is 0 Å². The minimum atomic E-state index is -0.136. The Morgan fingerprint density at radius 3 is 2.83 bits per heavy atom. The summed E-state index contributed by atoms with van der Waals surface area (Å²) in [6.45, 7) is 2.42. The van der Waals surface area contributed by atoms with E-state index < -0.39 is 0 Å². The molecular weight excluding hydrogens is 154 g/mol. The van der Waals surface area contributed by atoms with Crippen molar-refractivity contribution in [2.75, 3.05) is 13.1 Å². The van der Waals surface area contributed by atoms with E-state index in [1.165, 1.54) is 0 Å². The summed E-state index contributed by atoms with van der Waals surface area (Å²) in [5.41, 5.74) is 5.39. The maximum Gasteiger partial charge on any atom is 0.225 e. The summed E-state index contributed by atoms with van der Waals surface area (Å²) in [4.78, 5) is 11.2. The van der Waals surface area contributed by atoms with E-state index >= 15 is 0 Å². The van der Waals surface area contributed by atoms with Crippen molar-refractivity contribution in [1.29, 1.82) is 5.26 Å². The lowest BCUT2D eigenvalue weighted by Gasteiger charge is -2.11. The summed E-state index contributed by atoms with van der Waals surface area (Å²) in [6, 6.07) is 1.85. The normalized spacial score (nSPS) is 11.8. The Morgan fingerprint density at radius 1 is 1.75 bits per heavy atom. The van der Waals surface area contributed by atoms with Crippen molar-refractivity contribution in [1.82, 2.24) is 5.32 Å². The first kappa shape index (κ1) is 10.9. The van der Waals surface area contributed by atoms with Crippen LogP contribution in [0.3, 0.4) is 0 Å². The van der Waals surface area contributed by atoms with Crippen molar-refractivity contribution in [2.24, 2.45) is 11.7 Å². The van der Waals surface area contributed by atoms with Crippen molar-refractivity contribution in [2.45, 2.75) is 19.8 Å². The van der Waals surface area contributed by atoms with Crippen molar-refractivity contribution in [3.8, 4) is 6.07 Å². The van der Waals surface area contributed by atoms with E-state index in [9.17, 15) is 4.79 Å². The van der Waals surface area contributed by atoms with Crippen LogP contribution in [0.5, 0.6) is 0 Å². The van der Waals surface area contributed by atoms with Gasteiger partial charge in [-0.1, -0.05) is 13.3 Å². The Bertz CT molecular complexity index is 174. The van der Waals surface area contributed by atoms with Crippen molar-refractivity contribution in [3.63, 3.8) is 0 Å². The van der Waals surface area contributed by atoms with Crippen LogP contribution in [0.4, 0.5) is 0 Å². The number of nitrogens with two attached hydrogens (primary N) is 1. The van der Waals surface area contributed by atoms with Crippen LogP contribution in [0.2, 0.25) is 0 Å². The summed E-state index contributed by atoms with van der Waals surface area (Å²) < 4.78 is 0. The molecule has 0 aromatic rings. The van der Waals surface area contributed by atoms with Crippen LogP contribution in [-0.4, -0.2) is 19.0 Å². The molecule has 12 heavy (non-hydrogen) atoms. The molecule has 1 unspecified atom stereocenters. The zero-order valence-corrected chi connectivity index (χ0v) is 7.34. The van der Waals surface area contributed by atoms with E-state index in [0.717, 1.165) is 12.8 Å². The van der Waals surface area contributed by atoms with Crippen LogP contribution in [-0.2, 0) is 4.79 Å². The Labute approximate surface area is 72.7 Å². The highest BCUT2D eigenvalue weighted by Gasteiger charge is 2.14. The molecule has 4 nitrogen and oxygen atoms in total. The van der Waals surface area contributed by atoms with Gasteiger partial charge in [0.05, 0.1) is 12.0 Å². The monoisotopic (exact) mass is 169 g/mol. The molecule has 0 saturated carbocycles. The summed E-state index contributed by atoms with van der Waals surface area (Å²) in [7, 11) is 0. The molecule has 0 heterocycles. The number of rotatable bonds is 5. The lowest BCUT2D eigenvalue weighted by atomic mass is 10.0. The molecule has 0 aromatic heterocycles. The molecule has 3 N–H and O–H groups in total. The smallest absolute Gasteiger partial charge is 0.225 e. The van der Waals surface area contributed by atoms with Gasteiger partial charge in [0, 0.05) is 6.54 Å². The zero-order chi connectivity index (χ0) is 9.40. The first-order chi connectivity index (χ1) is 5.76. The molecule has 0 spiro atoms. The van der Waals surface area contributed by atoms with Crippen molar-refractivity contribution >= 4 is 5.91 Å². The number of carbonyl (C=O) groups excluding carboxylic acids is 1. The zero-order valence-electron chi connectivity index (χ0n) is 7.34. The summed E-state index contributed by atoms with van der Waals surface area (Å²) in [5, 5.41) is 10.7. The van der Waals surface area contributed by atoms with Gasteiger partial charge in [0.25, 0.3) is 0 Å². The predicted octanol–water partition coefficient (Wildman–Crippen LogP) is 0.00118. The number of nitrogens with one attached hydrogen (secondary N) is 1. The van der Waals surface area contributed by atoms with Crippen LogP contribution < -0.4 is 11.1 Å². The largest absolute Gasteiger partial charge is 0.343 e. The molecule has 1 amide bonds.